The highest BCUT2D eigenvalue weighted by molar-refractivity contribution is 6.04. The van der Waals surface area contributed by atoms with Gasteiger partial charge in [0.15, 0.2) is 0 Å². The molecule has 4 N–H and O–H groups in total. The van der Waals surface area contributed by atoms with Gasteiger partial charge >= 0.3 is 0 Å². The molecule has 0 bridgehead atoms. The third-order valence-corrected chi connectivity index (χ3v) is 5.09. The lowest BCUT2D eigenvalue weighted by atomic mass is 10.0. The summed E-state index contributed by atoms with van der Waals surface area (Å²) in [4.78, 5) is 24.9. The van der Waals surface area contributed by atoms with Crippen molar-refractivity contribution in [3.8, 4) is 0 Å². The van der Waals surface area contributed by atoms with Gasteiger partial charge in [0.05, 0.1) is 23.9 Å². The fraction of sp³-hybridized carbons (Fsp3) is 0.273. The van der Waals surface area contributed by atoms with Crippen LogP contribution in [0, 0.1) is 0 Å². The molecule has 1 aliphatic carbocycles. The van der Waals surface area contributed by atoms with Gasteiger partial charge < -0.3 is 20.8 Å². The Hall–Kier alpha value is -3.12. The summed E-state index contributed by atoms with van der Waals surface area (Å²) in [5.74, 6) is -0.451. The number of benzene rings is 2. The van der Waals surface area contributed by atoms with Gasteiger partial charge in [0.25, 0.3) is 5.91 Å². The summed E-state index contributed by atoms with van der Waals surface area (Å²) in [5.41, 5.74) is 10.7. The fourth-order valence-electron chi connectivity index (χ4n) is 3.72. The lowest BCUT2D eigenvalue weighted by Gasteiger charge is -2.11. The van der Waals surface area contributed by atoms with Crippen molar-refractivity contribution in [2.45, 2.75) is 25.7 Å². The quantitative estimate of drug-likeness (QED) is 0.615. The van der Waals surface area contributed by atoms with E-state index in [1.165, 1.54) is 17.5 Å². The van der Waals surface area contributed by atoms with Crippen LogP contribution >= 0.6 is 0 Å². The summed E-state index contributed by atoms with van der Waals surface area (Å²) in [6.07, 6.45) is 5.17. The lowest BCUT2D eigenvalue weighted by Crippen LogP contribution is -2.30. The van der Waals surface area contributed by atoms with Gasteiger partial charge in [-0.1, -0.05) is 12.1 Å². The monoisotopic (exact) mass is 377 g/mol. The van der Waals surface area contributed by atoms with Gasteiger partial charge in [0.2, 0.25) is 5.91 Å². The average Bonchev–Trinajstić information content (AvgIpc) is 3.31. The van der Waals surface area contributed by atoms with Crippen LogP contribution in [-0.2, 0) is 24.1 Å². The molecule has 0 saturated carbocycles. The first-order valence-electron chi connectivity index (χ1n) is 9.54. The minimum atomic E-state index is -0.259. The topological polar surface area (TPSA) is 97.4 Å². The molecule has 1 aliphatic rings. The van der Waals surface area contributed by atoms with Crippen LogP contribution in [0.1, 0.15) is 33.5 Å². The van der Waals surface area contributed by atoms with E-state index < -0.39 is 0 Å². The van der Waals surface area contributed by atoms with Gasteiger partial charge in [-0.25, -0.2) is 0 Å². The van der Waals surface area contributed by atoms with Crippen molar-refractivity contribution in [3.63, 3.8) is 0 Å². The van der Waals surface area contributed by atoms with Crippen LogP contribution < -0.4 is 16.4 Å². The van der Waals surface area contributed by atoms with E-state index in [-0.39, 0.29) is 18.2 Å². The first-order chi connectivity index (χ1) is 13.7. The molecule has 1 aromatic heterocycles. The molecule has 6 heteroatoms. The van der Waals surface area contributed by atoms with Crippen LogP contribution in [-0.4, -0.2) is 24.9 Å². The van der Waals surface area contributed by atoms with E-state index in [0.717, 1.165) is 29.4 Å². The molecule has 3 aromatic rings. The third kappa shape index (κ3) is 3.64. The summed E-state index contributed by atoms with van der Waals surface area (Å²) < 4.78 is 5.68. The van der Waals surface area contributed by atoms with E-state index in [0.29, 0.717) is 24.3 Å². The molecule has 0 spiro atoms. The predicted octanol–water partition coefficient (Wildman–Crippen LogP) is 2.79. The zero-order chi connectivity index (χ0) is 19.5. The maximum absolute atomic E-state index is 12.6. The number of nitrogens with one attached hydrogen (secondary N) is 2. The Labute approximate surface area is 163 Å². The molecule has 0 saturated heterocycles. The standard InChI is InChI=1S/C22H23N3O3/c23-8-9-24-22(27)17-6-1-2-7-19(17)25-21(26)12-16-13-28-20-11-15-5-3-4-14(15)10-18(16)20/h1-2,6-7,10-11,13H,3-5,8-9,12,23H2,(H,24,27)(H,25,26). The largest absolute Gasteiger partial charge is 0.464 e. The number of hydrogen-bond acceptors (Lipinski definition) is 4. The normalized spacial score (nSPS) is 12.8. The molecule has 0 radical (unpaired) electrons. The second-order valence-electron chi connectivity index (χ2n) is 7.05. The molecule has 0 atom stereocenters. The van der Waals surface area contributed by atoms with Crippen LogP contribution in [0.3, 0.4) is 0 Å². The van der Waals surface area contributed by atoms with Crippen LogP contribution in [0.25, 0.3) is 11.0 Å². The molecule has 2 aromatic carbocycles. The van der Waals surface area contributed by atoms with Crippen molar-refractivity contribution >= 4 is 28.5 Å². The number of amides is 2. The highest BCUT2D eigenvalue weighted by Crippen LogP contribution is 2.30. The van der Waals surface area contributed by atoms with Gasteiger partial charge in [-0.05, 0) is 54.7 Å². The Kier molecular flexibility index (Phi) is 5.12. The summed E-state index contributed by atoms with van der Waals surface area (Å²) in [6, 6.07) is 11.2. The van der Waals surface area contributed by atoms with E-state index in [1.54, 1.807) is 30.5 Å². The second kappa shape index (κ2) is 7.86. The van der Waals surface area contributed by atoms with Gasteiger partial charge in [0, 0.05) is 24.0 Å². The molecule has 2 amide bonds. The maximum atomic E-state index is 12.6. The predicted molar refractivity (Wildman–Crippen MR) is 108 cm³/mol. The summed E-state index contributed by atoms with van der Waals surface area (Å²) >= 11 is 0. The molecule has 0 fully saturated rings. The smallest absolute Gasteiger partial charge is 0.253 e. The molecule has 4 rings (SSSR count). The zero-order valence-corrected chi connectivity index (χ0v) is 15.6. The minimum Gasteiger partial charge on any atom is -0.464 e. The van der Waals surface area contributed by atoms with E-state index in [4.69, 9.17) is 10.2 Å². The van der Waals surface area contributed by atoms with E-state index in [9.17, 15) is 9.59 Å². The first kappa shape index (κ1) is 18.3. The fourth-order valence-corrected chi connectivity index (χ4v) is 3.72. The van der Waals surface area contributed by atoms with Crippen LogP contribution in [0.2, 0.25) is 0 Å². The Morgan fingerprint density at radius 2 is 1.89 bits per heavy atom. The molecule has 0 aliphatic heterocycles. The Morgan fingerprint density at radius 1 is 1.11 bits per heavy atom. The number of aryl methyl sites for hydroxylation is 2. The molecule has 1 heterocycles. The highest BCUT2D eigenvalue weighted by atomic mass is 16.3. The number of para-hydroxylation sites is 1. The van der Waals surface area contributed by atoms with Gasteiger partial charge in [-0.2, -0.15) is 0 Å². The van der Waals surface area contributed by atoms with Gasteiger partial charge in [0.1, 0.15) is 5.58 Å². The second-order valence-corrected chi connectivity index (χ2v) is 7.05. The van der Waals surface area contributed by atoms with Gasteiger partial charge in [-0.3, -0.25) is 9.59 Å². The number of anilines is 1. The van der Waals surface area contributed by atoms with Crippen molar-refractivity contribution in [2.75, 3.05) is 18.4 Å². The molecular weight excluding hydrogens is 354 g/mol. The average molecular weight is 377 g/mol. The van der Waals surface area contributed by atoms with Crippen LogP contribution in [0.5, 0.6) is 0 Å². The number of carbonyl (C=O) groups excluding carboxylic acids is 2. The van der Waals surface area contributed by atoms with E-state index in [1.807, 2.05) is 0 Å². The van der Waals surface area contributed by atoms with Crippen molar-refractivity contribution < 1.29 is 14.0 Å². The maximum Gasteiger partial charge on any atom is 0.253 e. The SMILES string of the molecule is NCCNC(=O)c1ccccc1NC(=O)Cc1coc2cc3c(cc12)CCC3. The molecule has 144 valence electrons. The van der Waals surface area contributed by atoms with Crippen molar-refractivity contribution in [3.05, 3.63) is 64.9 Å². The van der Waals surface area contributed by atoms with E-state index >= 15 is 0 Å². The summed E-state index contributed by atoms with van der Waals surface area (Å²) in [7, 11) is 0. The summed E-state index contributed by atoms with van der Waals surface area (Å²) in [5, 5.41) is 6.57. The molecule has 0 unspecified atom stereocenters. The molecular formula is C22H23N3O3. The number of carbonyl (C=O) groups is 2. The number of fused-ring (bicyclic) bond motifs is 2. The first-order valence-corrected chi connectivity index (χ1v) is 9.54. The number of rotatable bonds is 6. The lowest BCUT2D eigenvalue weighted by molar-refractivity contribution is -0.115. The molecule has 28 heavy (non-hydrogen) atoms. The highest BCUT2D eigenvalue weighted by Gasteiger charge is 2.18. The Balaban J connectivity index is 1.51. The number of hydrogen-bond donors (Lipinski definition) is 3. The minimum absolute atomic E-state index is 0.185. The third-order valence-electron chi connectivity index (χ3n) is 5.09. The van der Waals surface area contributed by atoms with Crippen LogP contribution in [0.4, 0.5) is 5.69 Å². The summed E-state index contributed by atoms with van der Waals surface area (Å²) in [6.45, 7) is 0.740. The van der Waals surface area contributed by atoms with Gasteiger partial charge in [-0.15, -0.1) is 0 Å². The van der Waals surface area contributed by atoms with Crippen molar-refractivity contribution in [2.24, 2.45) is 5.73 Å². The van der Waals surface area contributed by atoms with E-state index in [2.05, 4.69) is 22.8 Å². The van der Waals surface area contributed by atoms with Crippen molar-refractivity contribution in [1.82, 2.24) is 5.32 Å². The Bertz CT molecular complexity index is 1040. The zero-order valence-electron chi connectivity index (χ0n) is 15.6. The van der Waals surface area contributed by atoms with Crippen LogP contribution in [0.15, 0.2) is 47.1 Å². The molecule has 6 nitrogen and oxygen atoms in total. The number of nitrogens with two attached hydrogens (primary N) is 1. The van der Waals surface area contributed by atoms with Crippen molar-refractivity contribution in [1.29, 1.82) is 0 Å². The Morgan fingerprint density at radius 3 is 2.71 bits per heavy atom. The number of furan rings is 1.